The average molecular weight is 298 g/mol. The van der Waals surface area contributed by atoms with Crippen LogP contribution in [0.3, 0.4) is 0 Å². The van der Waals surface area contributed by atoms with Crippen LogP contribution >= 0.6 is 0 Å². The minimum Gasteiger partial charge on any atom is -0.370 e. The number of ether oxygens (including phenoxy) is 1. The summed E-state index contributed by atoms with van der Waals surface area (Å²) < 4.78 is 5.38. The Labute approximate surface area is 123 Å². The summed E-state index contributed by atoms with van der Waals surface area (Å²) in [4.78, 5) is 38.3. The van der Waals surface area contributed by atoms with E-state index in [0.717, 1.165) is 12.8 Å². The third kappa shape index (κ3) is 3.92. The second-order valence-electron chi connectivity index (χ2n) is 5.43. The quantitative estimate of drug-likeness (QED) is 0.624. The second-order valence-corrected chi connectivity index (χ2v) is 5.43. The van der Waals surface area contributed by atoms with E-state index in [-0.39, 0.29) is 24.3 Å². The summed E-state index contributed by atoms with van der Waals surface area (Å²) in [5.74, 6) is -0.887. The normalized spacial score (nSPS) is 24.0. The lowest BCUT2D eigenvalue weighted by Crippen LogP contribution is -2.56. The molecule has 2 rings (SSSR count). The maximum Gasteiger partial charge on any atom is 0.251 e. The van der Waals surface area contributed by atoms with Gasteiger partial charge in [-0.25, -0.2) is 0 Å². The molecule has 0 spiro atoms. The molecule has 3 amide bonds. The summed E-state index contributed by atoms with van der Waals surface area (Å²) in [7, 11) is 0. The van der Waals surface area contributed by atoms with Crippen molar-refractivity contribution in [1.82, 2.24) is 9.80 Å². The highest BCUT2D eigenvalue weighted by Crippen LogP contribution is 2.16. The molecule has 2 aliphatic rings. The van der Waals surface area contributed by atoms with Gasteiger partial charge in [-0.05, 0) is 12.8 Å². The molecule has 0 bridgehead atoms. The van der Waals surface area contributed by atoms with Crippen LogP contribution in [0.25, 0.3) is 0 Å². The van der Waals surface area contributed by atoms with E-state index in [1.54, 1.807) is 9.80 Å². The fourth-order valence-electron chi connectivity index (χ4n) is 2.66. The number of piperazine rings is 1. The molecule has 0 aromatic carbocycles. The maximum absolute atomic E-state index is 12.2. The minimum atomic E-state index is -0.900. The fraction of sp³-hybridized carbons (Fsp3) is 0.769. The molecule has 8 nitrogen and oxygen atoms in total. The van der Waals surface area contributed by atoms with Crippen LogP contribution in [-0.2, 0) is 19.1 Å². The minimum absolute atomic E-state index is 0.000957. The monoisotopic (exact) mass is 298 g/mol. The van der Waals surface area contributed by atoms with E-state index in [4.69, 9.17) is 16.2 Å². The number of nitrogens with zero attached hydrogens (tertiary/aromatic N) is 2. The van der Waals surface area contributed by atoms with Gasteiger partial charge in [-0.3, -0.25) is 14.4 Å². The zero-order valence-corrected chi connectivity index (χ0v) is 12.0. The third-order valence-corrected chi connectivity index (χ3v) is 3.85. The van der Waals surface area contributed by atoms with Crippen LogP contribution in [0.1, 0.15) is 19.3 Å². The smallest absolute Gasteiger partial charge is 0.251 e. The molecule has 0 aliphatic carbocycles. The second kappa shape index (κ2) is 6.86. The van der Waals surface area contributed by atoms with Gasteiger partial charge < -0.3 is 26.0 Å². The van der Waals surface area contributed by atoms with Gasteiger partial charge in [-0.15, -0.1) is 0 Å². The van der Waals surface area contributed by atoms with E-state index in [9.17, 15) is 14.4 Å². The zero-order chi connectivity index (χ0) is 15.4. The summed E-state index contributed by atoms with van der Waals surface area (Å²) >= 11 is 0. The first-order valence-corrected chi connectivity index (χ1v) is 7.22. The van der Waals surface area contributed by atoms with Gasteiger partial charge in [0.05, 0.1) is 12.5 Å². The van der Waals surface area contributed by atoms with Crippen molar-refractivity contribution in [1.29, 1.82) is 0 Å². The van der Waals surface area contributed by atoms with Crippen molar-refractivity contribution in [2.75, 3.05) is 32.8 Å². The predicted molar refractivity (Wildman–Crippen MR) is 73.9 cm³/mol. The third-order valence-electron chi connectivity index (χ3n) is 3.85. The van der Waals surface area contributed by atoms with Gasteiger partial charge in [0.25, 0.3) is 5.91 Å². The number of carbonyl (C=O) groups excluding carboxylic acids is 3. The molecule has 4 N–H and O–H groups in total. The zero-order valence-electron chi connectivity index (χ0n) is 12.0. The molecule has 8 heteroatoms. The standard InChI is InChI=1S/C13H22N4O4/c14-9(8-11(15)18)12(19)16-3-5-17(6-4-16)13(20)10-2-1-7-21-10/h9-10H,1-8,14H2,(H2,15,18). The molecule has 2 heterocycles. The van der Waals surface area contributed by atoms with Crippen LogP contribution in [0.2, 0.25) is 0 Å². The van der Waals surface area contributed by atoms with Crippen molar-refractivity contribution in [2.45, 2.75) is 31.4 Å². The molecule has 0 aromatic rings. The van der Waals surface area contributed by atoms with Crippen LogP contribution in [0.5, 0.6) is 0 Å². The molecule has 0 saturated carbocycles. The highest BCUT2D eigenvalue weighted by molar-refractivity contribution is 5.88. The molecule has 2 fully saturated rings. The Morgan fingerprint density at radius 3 is 2.29 bits per heavy atom. The average Bonchev–Trinajstić information content (AvgIpc) is 2.99. The Bertz CT molecular complexity index is 414. The van der Waals surface area contributed by atoms with Crippen molar-refractivity contribution in [3.8, 4) is 0 Å². The lowest BCUT2D eigenvalue weighted by atomic mass is 10.1. The van der Waals surface area contributed by atoms with Gasteiger partial charge in [0.15, 0.2) is 0 Å². The van der Waals surface area contributed by atoms with E-state index in [2.05, 4.69) is 0 Å². The molecule has 118 valence electrons. The molecule has 2 saturated heterocycles. The van der Waals surface area contributed by atoms with Gasteiger partial charge in [0, 0.05) is 32.8 Å². The first kappa shape index (κ1) is 15.7. The first-order valence-electron chi connectivity index (χ1n) is 7.22. The van der Waals surface area contributed by atoms with Crippen molar-refractivity contribution < 1.29 is 19.1 Å². The first-order chi connectivity index (χ1) is 9.99. The lowest BCUT2D eigenvalue weighted by molar-refractivity contribution is -0.146. The number of nitrogens with two attached hydrogens (primary N) is 2. The van der Waals surface area contributed by atoms with Crippen LogP contribution in [-0.4, -0.2) is 72.5 Å². The van der Waals surface area contributed by atoms with E-state index in [1.807, 2.05) is 0 Å². The number of rotatable bonds is 4. The molecule has 0 aromatic heterocycles. The van der Waals surface area contributed by atoms with E-state index in [1.165, 1.54) is 0 Å². The summed E-state index contributed by atoms with van der Waals surface area (Å²) in [5.41, 5.74) is 10.7. The summed E-state index contributed by atoms with van der Waals surface area (Å²) in [5, 5.41) is 0. The van der Waals surface area contributed by atoms with E-state index < -0.39 is 11.9 Å². The molecule has 2 aliphatic heterocycles. The maximum atomic E-state index is 12.2. The highest BCUT2D eigenvalue weighted by Gasteiger charge is 2.32. The van der Waals surface area contributed by atoms with Crippen molar-refractivity contribution in [3.63, 3.8) is 0 Å². The largest absolute Gasteiger partial charge is 0.370 e. The lowest BCUT2D eigenvalue weighted by Gasteiger charge is -2.36. The van der Waals surface area contributed by atoms with E-state index in [0.29, 0.717) is 32.8 Å². The number of primary amides is 1. The van der Waals surface area contributed by atoms with Crippen LogP contribution in [0.15, 0.2) is 0 Å². The Balaban J connectivity index is 1.81. The summed E-state index contributed by atoms with van der Waals surface area (Å²) in [6, 6.07) is -0.900. The number of carbonyl (C=O) groups is 3. The van der Waals surface area contributed by atoms with Crippen LogP contribution in [0, 0.1) is 0 Å². The number of hydrogen-bond donors (Lipinski definition) is 2. The number of amides is 3. The Kier molecular flexibility index (Phi) is 5.13. The van der Waals surface area contributed by atoms with Gasteiger partial charge in [0.1, 0.15) is 6.10 Å². The van der Waals surface area contributed by atoms with Crippen LogP contribution in [0.4, 0.5) is 0 Å². The van der Waals surface area contributed by atoms with Crippen molar-refractivity contribution >= 4 is 17.7 Å². The van der Waals surface area contributed by atoms with E-state index >= 15 is 0 Å². The number of hydrogen-bond acceptors (Lipinski definition) is 5. The topological polar surface area (TPSA) is 119 Å². The molecule has 2 atom stereocenters. The van der Waals surface area contributed by atoms with Gasteiger partial charge in [-0.1, -0.05) is 0 Å². The summed E-state index contributed by atoms with van der Waals surface area (Å²) in [6.07, 6.45) is 1.19. The SMILES string of the molecule is NC(=O)CC(N)C(=O)N1CCN(C(=O)C2CCCO2)CC1. The summed E-state index contributed by atoms with van der Waals surface area (Å²) in [6.45, 7) is 2.41. The van der Waals surface area contributed by atoms with Crippen molar-refractivity contribution in [2.24, 2.45) is 11.5 Å². The molecule has 2 unspecified atom stereocenters. The molecule has 0 radical (unpaired) electrons. The van der Waals surface area contributed by atoms with Crippen LogP contribution < -0.4 is 11.5 Å². The molecule has 21 heavy (non-hydrogen) atoms. The van der Waals surface area contributed by atoms with Gasteiger partial charge in [0.2, 0.25) is 11.8 Å². The van der Waals surface area contributed by atoms with Gasteiger partial charge >= 0.3 is 0 Å². The van der Waals surface area contributed by atoms with Gasteiger partial charge in [-0.2, -0.15) is 0 Å². The Morgan fingerprint density at radius 1 is 1.14 bits per heavy atom. The van der Waals surface area contributed by atoms with Crippen molar-refractivity contribution in [3.05, 3.63) is 0 Å². The Morgan fingerprint density at radius 2 is 1.76 bits per heavy atom. The molecular weight excluding hydrogens is 276 g/mol. The Hall–Kier alpha value is -1.67. The fourth-order valence-corrected chi connectivity index (χ4v) is 2.66. The molecular formula is C13H22N4O4. The predicted octanol–water partition coefficient (Wildman–Crippen LogP) is -1.96. The highest BCUT2D eigenvalue weighted by atomic mass is 16.5.